The molecule has 2 aromatic carbocycles. The molecule has 0 fully saturated rings. The van der Waals surface area contributed by atoms with Crippen molar-refractivity contribution >= 4 is 32.4 Å². The summed E-state index contributed by atoms with van der Waals surface area (Å²) in [5.41, 5.74) is 3.73. The quantitative estimate of drug-likeness (QED) is 0.498. The molecule has 0 unspecified atom stereocenters. The van der Waals surface area contributed by atoms with E-state index in [9.17, 15) is 13.2 Å². The van der Waals surface area contributed by atoms with Crippen LogP contribution in [0.5, 0.6) is 5.75 Å². The van der Waals surface area contributed by atoms with Gasteiger partial charge >= 0.3 is 0 Å². The molecular weight excluding hydrogens is 436 g/mol. The summed E-state index contributed by atoms with van der Waals surface area (Å²) in [6.45, 7) is 7.76. The zero-order valence-electron chi connectivity index (χ0n) is 17.7. The van der Waals surface area contributed by atoms with E-state index in [0.29, 0.717) is 11.3 Å². The van der Waals surface area contributed by atoms with Crippen LogP contribution in [0.4, 0.5) is 5.13 Å². The highest BCUT2D eigenvalue weighted by Gasteiger charge is 2.23. The Kier molecular flexibility index (Phi) is 7.04. The number of nitrogens with one attached hydrogen (secondary N) is 2. The summed E-state index contributed by atoms with van der Waals surface area (Å²) >= 11 is 0.781. The molecule has 0 aliphatic heterocycles. The third kappa shape index (κ3) is 6.09. The molecule has 8 nitrogen and oxygen atoms in total. The Bertz CT molecular complexity index is 1170. The highest BCUT2D eigenvalue weighted by atomic mass is 32.2. The minimum Gasteiger partial charge on any atom is -0.492 e. The summed E-state index contributed by atoms with van der Waals surface area (Å²) in [4.78, 5) is 12.3. The number of benzene rings is 2. The van der Waals surface area contributed by atoms with E-state index in [-0.39, 0.29) is 22.0 Å². The first-order valence-corrected chi connectivity index (χ1v) is 11.9. The van der Waals surface area contributed by atoms with Gasteiger partial charge in [-0.05, 0) is 63.1 Å². The van der Waals surface area contributed by atoms with E-state index in [1.165, 1.54) is 0 Å². The molecule has 0 aliphatic rings. The van der Waals surface area contributed by atoms with Crippen LogP contribution in [-0.4, -0.2) is 37.2 Å². The fraction of sp³-hybridized carbons (Fsp3) is 0.286. The Hall–Kier alpha value is -2.82. The summed E-state index contributed by atoms with van der Waals surface area (Å²) in [6, 6.07) is 12.2. The van der Waals surface area contributed by atoms with Gasteiger partial charge < -0.3 is 4.74 Å². The number of aryl methyl sites for hydroxylation is 3. The summed E-state index contributed by atoms with van der Waals surface area (Å²) in [7, 11) is -3.90. The molecular formula is C21H24N4O4S2. The van der Waals surface area contributed by atoms with Crippen molar-refractivity contribution in [3.8, 4) is 5.75 Å². The number of hydrogen-bond donors (Lipinski definition) is 2. The van der Waals surface area contributed by atoms with Crippen LogP contribution in [0.2, 0.25) is 0 Å². The van der Waals surface area contributed by atoms with E-state index >= 15 is 0 Å². The van der Waals surface area contributed by atoms with Gasteiger partial charge in [0.05, 0.1) is 6.04 Å². The monoisotopic (exact) mass is 460 g/mol. The zero-order chi connectivity index (χ0) is 22.6. The number of amides is 1. The molecule has 0 saturated heterocycles. The SMILES string of the molecule is Cc1ccc(C(=O)Nc2nnc(S(=O)(=O)N[C@H](C)COc3ccc(C)c(C)c3)s2)cc1. The zero-order valence-corrected chi connectivity index (χ0v) is 19.3. The van der Waals surface area contributed by atoms with E-state index < -0.39 is 16.1 Å². The number of aromatic nitrogens is 2. The van der Waals surface area contributed by atoms with Crippen molar-refractivity contribution in [3.05, 3.63) is 64.7 Å². The molecule has 3 rings (SSSR count). The van der Waals surface area contributed by atoms with Crippen LogP contribution >= 0.6 is 11.3 Å². The fourth-order valence-corrected chi connectivity index (χ4v) is 4.76. The number of hydrogen-bond acceptors (Lipinski definition) is 7. The Morgan fingerprint density at radius 3 is 2.45 bits per heavy atom. The number of ether oxygens (including phenoxy) is 1. The van der Waals surface area contributed by atoms with Crippen molar-refractivity contribution in [1.29, 1.82) is 0 Å². The standard InChI is InChI=1S/C21H24N4O4S2/c1-13-5-8-17(9-6-13)19(26)22-20-23-24-21(30-20)31(27,28)25-16(4)12-29-18-10-7-14(2)15(3)11-18/h5-11,16,25H,12H2,1-4H3,(H,22,23,26)/t16-/m1/s1. The van der Waals surface area contributed by atoms with Crippen molar-refractivity contribution < 1.29 is 17.9 Å². The molecule has 164 valence electrons. The Balaban J connectivity index is 1.58. The minimum atomic E-state index is -3.90. The second-order valence-corrected chi connectivity index (χ2v) is 10.1. The van der Waals surface area contributed by atoms with Gasteiger partial charge in [0.2, 0.25) is 9.47 Å². The predicted octanol–water partition coefficient (Wildman–Crippen LogP) is 3.46. The third-order valence-electron chi connectivity index (χ3n) is 4.51. The summed E-state index contributed by atoms with van der Waals surface area (Å²) in [6.07, 6.45) is 0. The van der Waals surface area contributed by atoms with Crippen molar-refractivity contribution in [2.24, 2.45) is 0 Å². The van der Waals surface area contributed by atoms with Gasteiger partial charge in [-0.1, -0.05) is 35.1 Å². The Labute approximate surface area is 185 Å². The first-order valence-electron chi connectivity index (χ1n) is 9.58. The van der Waals surface area contributed by atoms with E-state index in [0.717, 1.165) is 28.0 Å². The Morgan fingerprint density at radius 1 is 1.06 bits per heavy atom. The molecule has 3 aromatic rings. The lowest BCUT2D eigenvalue weighted by Crippen LogP contribution is -2.36. The first kappa shape index (κ1) is 22.9. The number of sulfonamides is 1. The molecule has 1 atom stereocenters. The van der Waals surface area contributed by atoms with E-state index in [2.05, 4.69) is 20.2 Å². The fourth-order valence-electron chi connectivity index (χ4n) is 2.62. The van der Waals surface area contributed by atoms with Crippen molar-refractivity contribution in [2.75, 3.05) is 11.9 Å². The topological polar surface area (TPSA) is 110 Å². The van der Waals surface area contributed by atoms with Gasteiger partial charge in [0.15, 0.2) is 0 Å². The van der Waals surface area contributed by atoms with E-state index in [1.54, 1.807) is 19.1 Å². The van der Waals surface area contributed by atoms with E-state index in [1.807, 2.05) is 51.1 Å². The second-order valence-electron chi connectivity index (χ2n) is 7.27. The average molecular weight is 461 g/mol. The van der Waals surface area contributed by atoms with Crippen LogP contribution in [0.3, 0.4) is 0 Å². The maximum atomic E-state index is 12.6. The largest absolute Gasteiger partial charge is 0.492 e. The van der Waals surface area contributed by atoms with Crippen molar-refractivity contribution in [3.63, 3.8) is 0 Å². The number of carbonyl (C=O) groups is 1. The molecule has 2 N–H and O–H groups in total. The minimum absolute atomic E-state index is 0.102. The normalized spacial score (nSPS) is 12.4. The predicted molar refractivity (Wildman–Crippen MR) is 120 cm³/mol. The lowest BCUT2D eigenvalue weighted by molar-refractivity contribution is 0.102. The number of rotatable bonds is 8. The van der Waals surface area contributed by atoms with Gasteiger partial charge in [-0.25, -0.2) is 13.1 Å². The number of anilines is 1. The molecule has 1 aromatic heterocycles. The van der Waals surface area contributed by atoms with Gasteiger partial charge in [-0.3, -0.25) is 10.1 Å². The smallest absolute Gasteiger partial charge is 0.270 e. The molecule has 0 spiro atoms. The molecule has 10 heteroatoms. The highest BCUT2D eigenvalue weighted by Crippen LogP contribution is 2.21. The summed E-state index contributed by atoms with van der Waals surface area (Å²) in [5.74, 6) is 0.286. The van der Waals surface area contributed by atoms with Gasteiger partial charge in [0.1, 0.15) is 12.4 Å². The van der Waals surface area contributed by atoms with Crippen LogP contribution < -0.4 is 14.8 Å². The molecule has 0 saturated carbocycles. The lowest BCUT2D eigenvalue weighted by atomic mass is 10.1. The maximum absolute atomic E-state index is 12.6. The van der Waals surface area contributed by atoms with Crippen LogP contribution in [0.15, 0.2) is 46.8 Å². The molecule has 1 amide bonds. The highest BCUT2D eigenvalue weighted by molar-refractivity contribution is 7.91. The van der Waals surface area contributed by atoms with Crippen molar-refractivity contribution in [1.82, 2.24) is 14.9 Å². The van der Waals surface area contributed by atoms with Gasteiger partial charge in [-0.2, -0.15) is 0 Å². The lowest BCUT2D eigenvalue weighted by Gasteiger charge is -2.14. The average Bonchev–Trinajstić information content (AvgIpc) is 3.18. The molecule has 0 aliphatic carbocycles. The van der Waals surface area contributed by atoms with Gasteiger partial charge in [0, 0.05) is 5.56 Å². The van der Waals surface area contributed by atoms with Crippen LogP contribution in [0, 0.1) is 20.8 Å². The van der Waals surface area contributed by atoms with Crippen LogP contribution in [0.1, 0.15) is 34.0 Å². The maximum Gasteiger partial charge on any atom is 0.270 e. The van der Waals surface area contributed by atoms with Crippen LogP contribution in [0.25, 0.3) is 0 Å². The first-order chi connectivity index (χ1) is 14.6. The Morgan fingerprint density at radius 2 is 1.77 bits per heavy atom. The van der Waals surface area contributed by atoms with Gasteiger partial charge in [0.25, 0.3) is 15.9 Å². The number of carbonyl (C=O) groups excluding carboxylic acids is 1. The molecule has 0 bridgehead atoms. The van der Waals surface area contributed by atoms with Gasteiger partial charge in [-0.15, -0.1) is 10.2 Å². The third-order valence-corrected chi connectivity index (χ3v) is 7.30. The summed E-state index contributed by atoms with van der Waals surface area (Å²) in [5, 5.41) is 10.1. The summed E-state index contributed by atoms with van der Waals surface area (Å²) < 4.78 is 33.1. The number of nitrogens with zero attached hydrogens (tertiary/aromatic N) is 2. The van der Waals surface area contributed by atoms with Crippen LogP contribution in [-0.2, 0) is 10.0 Å². The molecule has 0 radical (unpaired) electrons. The van der Waals surface area contributed by atoms with E-state index in [4.69, 9.17) is 4.74 Å². The molecule has 1 heterocycles. The van der Waals surface area contributed by atoms with Crippen molar-refractivity contribution in [2.45, 2.75) is 38.1 Å². The second kappa shape index (κ2) is 9.54. The molecule has 31 heavy (non-hydrogen) atoms.